The van der Waals surface area contributed by atoms with Gasteiger partial charge in [0.2, 0.25) is 0 Å². The summed E-state index contributed by atoms with van der Waals surface area (Å²) in [5.41, 5.74) is 0.733. The standard InChI is InChI=1S/C15H22FNO2/c1-11-7-15(13-5-3-4-6-14(13)16)17(8-11)9-12(18)10-19-2/h3-6,11-12,15,18H,7-10H2,1-2H3/t11-,12+,15+/m0/s1. The molecule has 19 heavy (non-hydrogen) atoms. The summed E-state index contributed by atoms with van der Waals surface area (Å²) in [5, 5.41) is 9.87. The lowest BCUT2D eigenvalue weighted by Crippen LogP contribution is -2.35. The van der Waals surface area contributed by atoms with Gasteiger partial charge in [-0.1, -0.05) is 25.1 Å². The quantitative estimate of drug-likeness (QED) is 0.888. The molecule has 1 heterocycles. The summed E-state index contributed by atoms with van der Waals surface area (Å²) >= 11 is 0. The molecule has 1 aliphatic rings. The molecule has 0 aliphatic carbocycles. The van der Waals surface area contributed by atoms with Crippen LogP contribution in [-0.4, -0.2) is 42.9 Å². The molecule has 0 bridgehead atoms. The van der Waals surface area contributed by atoms with Crippen LogP contribution in [0.2, 0.25) is 0 Å². The van der Waals surface area contributed by atoms with Crippen LogP contribution in [0.25, 0.3) is 0 Å². The molecule has 4 heteroatoms. The zero-order valence-electron chi connectivity index (χ0n) is 11.6. The zero-order valence-corrected chi connectivity index (χ0v) is 11.6. The Kier molecular flexibility index (Phi) is 4.91. The lowest BCUT2D eigenvalue weighted by atomic mass is 10.0. The van der Waals surface area contributed by atoms with Crippen molar-refractivity contribution in [2.75, 3.05) is 26.8 Å². The van der Waals surface area contributed by atoms with Gasteiger partial charge in [-0.2, -0.15) is 0 Å². The first-order chi connectivity index (χ1) is 9.11. The topological polar surface area (TPSA) is 32.7 Å². The Balaban J connectivity index is 2.11. The van der Waals surface area contributed by atoms with Gasteiger partial charge in [0.1, 0.15) is 5.82 Å². The fourth-order valence-electron chi connectivity index (χ4n) is 2.92. The van der Waals surface area contributed by atoms with Gasteiger partial charge in [-0.3, -0.25) is 4.90 Å². The third kappa shape index (κ3) is 3.53. The maximum atomic E-state index is 13.9. The Labute approximate surface area is 114 Å². The molecule has 106 valence electrons. The van der Waals surface area contributed by atoms with Crippen LogP contribution >= 0.6 is 0 Å². The number of aliphatic hydroxyl groups excluding tert-OH is 1. The molecule has 0 amide bonds. The van der Waals surface area contributed by atoms with Crippen LogP contribution in [-0.2, 0) is 4.74 Å². The van der Waals surface area contributed by atoms with Crippen molar-refractivity contribution in [1.82, 2.24) is 4.90 Å². The van der Waals surface area contributed by atoms with Crippen molar-refractivity contribution < 1.29 is 14.2 Å². The molecule has 0 spiro atoms. The molecule has 3 atom stereocenters. The molecule has 1 saturated heterocycles. The molecule has 0 saturated carbocycles. The Hall–Kier alpha value is -0.970. The number of nitrogens with zero attached hydrogens (tertiary/aromatic N) is 1. The summed E-state index contributed by atoms with van der Waals surface area (Å²) in [4.78, 5) is 2.16. The first kappa shape index (κ1) is 14.4. The van der Waals surface area contributed by atoms with E-state index in [2.05, 4.69) is 11.8 Å². The van der Waals surface area contributed by atoms with Crippen molar-refractivity contribution in [3.05, 3.63) is 35.6 Å². The molecule has 1 aromatic carbocycles. The fourth-order valence-corrected chi connectivity index (χ4v) is 2.92. The van der Waals surface area contributed by atoms with Gasteiger partial charge < -0.3 is 9.84 Å². The maximum Gasteiger partial charge on any atom is 0.127 e. The van der Waals surface area contributed by atoms with Crippen molar-refractivity contribution in [3.8, 4) is 0 Å². The monoisotopic (exact) mass is 267 g/mol. The first-order valence-electron chi connectivity index (χ1n) is 6.77. The first-order valence-corrected chi connectivity index (χ1v) is 6.77. The van der Waals surface area contributed by atoms with Gasteiger partial charge in [0.15, 0.2) is 0 Å². The second-order valence-electron chi connectivity index (χ2n) is 5.44. The summed E-state index contributed by atoms with van der Waals surface area (Å²) in [5.74, 6) is 0.354. The smallest absolute Gasteiger partial charge is 0.127 e. The molecule has 1 N–H and O–H groups in total. The predicted molar refractivity (Wildman–Crippen MR) is 72.4 cm³/mol. The third-order valence-electron chi connectivity index (χ3n) is 3.68. The van der Waals surface area contributed by atoms with Gasteiger partial charge in [0.05, 0.1) is 12.7 Å². The van der Waals surface area contributed by atoms with Crippen LogP contribution in [0.5, 0.6) is 0 Å². The second kappa shape index (κ2) is 6.46. The number of halogens is 1. The lowest BCUT2D eigenvalue weighted by molar-refractivity contribution is 0.0338. The Morgan fingerprint density at radius 1 is 1.47 bits per heavy atom. The number of likely N-dealkylation sites (tertiary alicyclic amines) is 1. The number of benzene rings is 1. The van der Waals surface area contributed by atoms with E-state index in [1.165, 1.54) is 6.07 Å². The SMILES string of the molecule is COC[C@H](O)CN1C[C@@H](C)C[C@@H]1c1ccccc1F. The Morgan fingerprint density at radius 2 is 2.21 bits per heavy atom. The number of methoxy groups -OCH3 is 1. The second-order valence-corrected chi connectivity index (χ2v) is 5.44. The minimum atomic E-state index is -0.524. The van der Waals surface area contributed by atoms with E-state index >= 15 is 0 Å². The molecule has 0 aromatic heterocycles. The lowest BCUT2D eigenvalue weighted by Gasteiger charge is -2.27. The normalized spacial score (nSPS) is 25.7. The summed E-state index contributed by atoms with van der Waals surface area (Å²) in [7, 11) is 1.57. The van der Waals surface area contributed by atoms with E-state index in [1.54, 1.807) is 13.2 Å². The summed E-state index contributed by atoms with van der Waals surface area (Å²) < 4.78 is 18.9. The van der Waals surface area contributed by atoms with Gasteiger partial charge in [-0.15, -0.1) is 0 Å². The van der Waals surface area contributed by atoms with Gasteiger partial charge >= 0.3 is 0 Å². The average Bonchev–Trinajstić information content (AvgIpc) is 2.71. The number of rotatable bonds is 5. The van der Waals surface area contributed by atoms with E-state index in [-0.39, 0.29) is 11.9 Å². The predicted octanol–water partition coefficient (Wildman–Crippen LogP) is 2.22. The van der Waals surface area contributed by atoms with E-state index in [0.29, 0.717) is 19.1 Å². The molecular formula is C15H22FNO2. The molecule has 1 fully saturated rings. The summed E-state index contributed by atoms with van der Waals surface area (Å²) in [6.07, 6.45) is 0.408. The van der Waals surface area contributed by atoms with Crippen LogP contribution < -0.4 is 0 Å². The van der Waals surface area contributed by atoms with Gasteiger partial charge in [-0.25, -0.2) is 4.39 Å². The van der Waals surface area contributed by atoms with Crippen LogP contribution in [0.4, 0.5) is 4.39 Å². The van der Waals surface area contributed by atoms with Crippen molar-refractivity contribution in [1.29, 1.82) is 0 Å². The minimum Gasteiger partial charge on any atom is -0.389 e. The highest BCUT2D eigenvalue weighted by Gasteiger charge is 2.33. The highest BCUT2D eigenvalue weighted by Crippen LogP contribution is 2.36. The zero-order chi connectivity index (χ0) is 13.8. The van der Waals surface area contributed by atoms with Crippen molar-refractivity contribution in [2.24, 2.45) is 5.92 Å². The van der Waals surface area contributed by atoms with E-state index in [1.807, 2.05) is 12.1 Å². The number of hydrogen-bond acceptors (Lipinski definition) is 3. The highest BCUT2D eigenvalue weighted by molar-refractivity contribution is 5.22. The van der Waals surface area contributed by atoms with Crippen LogP contribution in [0.3, 0.4) is 0 Å². The van der Waals surface area contributed by atoms with Gasteiger partial charge in [0.25, 0.3) is 0 Å². The third-order valence-corrected chi connectivity index (χ3v) is 3.68. The number of hydrogen-bond donors (Lipinski definition) is 1. The van der Waals surface area contributed by atoms with E-state index in [0.717, 1.165) is 18.5 Å². The highest BCUT2D eigenvalue weighted by atomic mass is 19.1. The number of ether oxygens (including phenoxy) is 1. The van der Waals surface area contributed by atoms with E-state index in [4.69, 9.17) is 4.74 Å². The van der Waals surface area contributed by atoms with Crippen molar-refractivity contribution in [3.63, 3.8) is 0 Å². The molecular weight excluding hydrogens is 245 g/mol. The number of β-amino-alcohol motifs (C(OH)–C–C–N with tert-alkyl or cyclic N) is 1. The minimum absolute atomic E-state index is 0.0581. The fraction of sp³-hybridized carbons (Fsp3) is 0.600. The molecule has 1 aliphatic heterocycles. The molecule has 0 radical (unpaired) electrons. The van der Waals surface area contributed by atoms with Crippen LogP contribution in [0.15, 0.2) is 24.3 Å². The molecule has 0 unspecified atom stereocenters. The van der Waals surface area contributed by atoms with Crippen LogP contribution in [0, 0.1) is 11.7 Å². The van der Waals surface area contributed by atoms with Crippen molar-refractivity contribution in [2.45, 2.75) is 25.5 Å². The van der Waals surface area contributed by atoms with E-state index < -0.39 is 6.10 Å². The largest absolute Gasteiger partial charge is 0.389 e. The maximum absolute atomic E-state index is 13.9. The summed E-state index contributed by atoms with van der Waals surface area (Å²) in [6, 6.07) is 6.98. The Morgan fingerprint density at radius 3 is 2.89 bits per heavy atom. The van der Waals surface area contributed by atoms with Crippen LogP contribution in [0.1, 0.15) is 24.9 Å². The molecule has 2 rings (SSSR count). The molecule has 3 nitrogen and oxygen atoms in total. The van der Waals surface area contributed by atoms with Crippen molar-refractivity contribution >= 4 is 0 Å². The Bertz CT molecular complexity index is 413. The average molecular weight is 267 g/mol. The van der Waals surface area contributed by atoms with Gasteiger partial charge in [0, 0.05) is 31.8 Å². The number of aliphatic hydroxyl groups is 1. The summed E-state index contributed by atoms with van der Waals surface area (Å²) in [6.45, 7) is 3.89. The van der Waals surface area contributed by atoms with E-state index in [9.17, 15) is 9.50 Å². The van der Waals surface area contributed by atoms with Gasteiger partial charge in [-0.05, 0) is 18.4 Å². The molecule has 1 aromatic rings.